The van der Waals surface area contributed by atoms with E-state index >= 15 is 0 Å². The Labute approximate surface area is 393 Å². The van der Waals surface area contributed by atoms with E-state index < -0.39 is 117 Å². The lowest BCUT2D eigenvalue weighted by atomic mass is 10.0. The highest BCUT2D eigenvalue weighted by atomic mass is 19.2. The third-order valence-corrected chi connectivity index (χ3v) is 13.0. The van der Waals surface area contributed by atoms with Gasteiger partial charge in [0.25, 0.3) is 23.6 Å². The highest BCUT2D eigenvalue weighted by Gasteiger charge is 2.41. The minimum atomic E-state index is -1.09. The van der Waals surface area contributed by atoms with Gasteiger partial charge in [0.05, 0.1) is 23.5 Å². The molecular weight excluding hydrogens is 927 g/mol. The summed E-state index contributed by atoms with van der Waals surface area (Å²) in [6.45, 7) is 2.31. The van der Waals surface area contributed by atoms with Crippen molar-refractivity contribution >= 4 is 35.0 Å². The zero-order valence-corrected chi connectivity index (χ0v) is 37.1. The summed E-state index contributed by atoms with van der Waals surface area (Å²) in [7, 11) is 0. The number of fused-ring (bicyclic) bond motifs is 12. The van der Waals surface area contributed by atoms with E-state index in [9.17, 15) is 65.3 Å². The summed E-state index contributed by atoms with van der Waals surface area (Å²) in [6.07, 6.45) is 3.70. The minimum Gasteiger partial charge on any atom is -0.503 e. The van der Waals surface area contributed by atoms with E-state index in [0.29, 0.717) is 59.3 Å². The van der Waals surface area contributed by atoms with Crippen molar-refractivity contribution in [3.8, 4) is 11.5 Å². The van der Waals surface area contributed by atoms with Crippen molar-refractivity contribution in [1.82, 2.24) is 19.8 Å². The molecule has 4 bridgehead atoms. The third-order valence-electron chi connectivity index (χ3n) is 13.0. The van der Waals surface area contributed by atoms with Crippen molar-refractivity contribution in [2.75, 3.05) is 22.9 Å². The third kappa shape index (κ3) is 8.11. The molecule has 0 fully saturated rings. The Balaban J connectivity index is 0.000000174. The molecule has 6 aromatic rings. The number of carbonyl (C=O) groups is 4. The van der Waals surface area contributed by atoms with Crippen LogP contribution in [0.3, 0.4) is 0 Å². The zero-order valence-electron chi connectivity index (χ0n) is 37.1. The number of halogens is 6. The fourth-order valence-corrected chi connectivity index (χ4v) is 9.50. The number of rotatable bonds is 6. The molecule has 4 N–H and O–H groups in total. The second kappa shape index (κ2) is 18.1. The van der Waals surface area contributed by atoms with Crippen LogP contribution in [0.25, 0.3) is 0 Å². The van der Waals surface area contributed by atoms with E-state index in [4.69, 9.17) is 0 Å². The number of nitrogens with zero attached hydrogens (tertiary/aromatic N) is 4. The molecule has 4 aliphatic heterocycles. The first kappa shape index (κ1) is 46.9. The fourth-order valence-electron chi connectivity index (χ4n) is 9.50. The Morgan fingerprint density at radius 1 is 0.571 bits per heavy atom. The largest absolute Gasteiger partial charge is 0.503 e. The highest BCUT2D eigenvalue weighted by molar-refractivity contribution is 6.10. The second-order valence-electron chi connectivity index (χ2n) is 17.4. The fraction of sp³-hybridized carbons (Fsp3) is 0.240. The van der Waals surface area contributed by atoms with Gasteiger partial charge in [0, 0.05) is 60.8 Å². The van der Waals surface area contributed by atoms with Gasteiger partial charge in [-0.1, -0.05) is 12.1 Å². The molecule has 0 saturated heterocycles. The van der Waals surface area contributed by atoms with Crippen LogP contribution in [0.4, 0.5) is 37.7 Å². The first-order valence-corrected chi connectivity index (χ1v) is 21.9. The van der Waals surface area contributed by atoms with Gasteiger partial charge in [-0.3, -0.25) is 28.8 Å². The van der Waals surface area contributed by atoms with Crippen molar-refractivity contribution < 1.29 is 55.7 Å². The lowest BCUT2D eigenvalue weighted by molar-refractivity contribution is 0.0929. The maximum atomic E-state index is 14.4. The van der Waals surface area contributed by atoms with Gasteiger partial charge in [0.2, 0.25) is 10.9 Å². The summed E-state index contributed by atoms with van der Waals surface area (Å²) in [5.41, 5.74) is -2.27. The molecule has 14 nitrogen and oxygen atoms in total. The number of hydrogen-bond donors (Lipinski definition) is 4. The van der Waals surface area contributed by atoms with E-state index in [0.717, 1.165) is 24.3 Å². The van der Waals surface area contributed by atoms with Gasteiger partial charge >= 0.3 is 0 Å². The van der Waals surface area contributed by atoms with Gasteiger partial charge in [0.1, 0.15) is 46.0 Å². The van der Waals surface area contributed by atoms with Crippen LogP contribution in [0.2, 0.25) is 0 Å². The number of amides is 4. The molecule has 0 aliphatic carbocycles. The number of aromatic hydroxyl groups is 2. The maximum absolute atomic E-state index is 14.4. The maximum Gasteiger partial charge on any atom is 0.279 e. The number of aryl methyl sites for hydroxylation is 2. The number of benzene rings is 4. The first-order chi connectivity index (χ1) is 33.3. The number of carbonyl (C=O) groups excluding carboxylic acids is 4. The summed E-state index contributed by atoms with van der Waals surface area (Å²) in [5, 5.41) is 25.9. The predicted octanol–water partition coefficient (Wildman–Crippen LogP) is 6.71. The molecule has 70 heavy (non-hydrogen) atoms. The number of hydrogen-bond acceptors (Lipinski definition) is 8. The van der Waals surface area contributed by atoms with Crippen LogP contribution < -0.4 is 31.3 Å². The molecule has 20 heteroatoms. The van der Waals surface area contributed by atoms with Crippen molar-refractivity contribution in [3.63, 3.8) is 0 Å². The van der Waals surface area contributed by atoms with Crippen LogP contribution in [0.15, 0.2) is 82.6 Å². The number of anilines is 2. The molecule has 4 amide bonds. The van der Waals surface area contributed by atoms with Crippen molar-refractivity contribution in [2.24, 2.45) is 0 Å². The molecule has 0 spiro atoms. The molecule has 4 aromatic carbocycles. The number of aromatic nitrogens is 2. The molecular formula is C50H40F6N6O8. The average Bonchev–Trinajstić information content (AvgIpc) is 3.60. The van der Waals surface area contributed by atoms with Gasteiger partial charge in [0.15, 0.2) is 22.9 Å². The molecule has 2 atom stereocenters. The highest BCUT2D eigenvalue weighted by Crippen LogP contribution is 2.40. The van der Waals surface area contributed by atoms with Crippen LogP contribution in [-0.2, 0) is 25.9 Å². The Kier molecular flexibility index (Phi) is 12.1. The molecule has 6 heterocycles. The Hall–Kier alpha value is -8.16. The van der Waals surface area contributed by atoms with E-state index in [1.165, 1.54) is 69.4 Å². The van der Waals surface area contributed by atoms with E-state index in [1.54, 1.807) is 12.1 Å². The molecule has 0 saturated carbocycles. The van der Waals surface area contributed by atoms with Crippen LogP contribution in [0.5, 0.6) is 11.5 Å². The monoisotopic (exact) mass is 966 g/mol. The minimum absolute atomic E-state index is 0.158. The zero-order chi connectivity index (χ0) is 50.0. The van der Waals surface area contributed by atoms with Gasteiger partial charge in [-0.15, -0.1) is 0 Å². The standard InChI is InChI=1S/2C25H20F3N3O4/c2*1-12-7-18(27)15(19(28)8-12)9-29-24(34)16-11-30-13-5-6-14-17(26)3-2-4-20(14)31(10-13)25(35)21(30)23(33)22(16)32/h2*2-4,7-8,11,13,33H,5-6,9-10H2,1H3,(H,29,34)/t2*13-/m10/s1. The van der Waals surface area contributed by atoms with Gasteiger partial charge in [-0.2, -0.15) is 0 Å². The van der Waals surface area contributed by atoms with E-state index in [2.05, 4.69) is 10.6 Å². The molecule has 0 unspecified atom stereocenters. The Bertz CT molecular complexity index is 3110. The van der Waals surface area contributed by atoms with Crippen molar-refractivity contribution in [3.05, 3.63) is 184 Å². The Morgan fingerprint density at radius 2 is 0.929 bits per heavy atom. The Morgan fingerprint density at radius 3 is 1.29 bits per heavy atom. The van der Waals surface area contributed by atoms with Crippen LogP contribution >= 0.6 is 0 Å². The normalized spacial score (nSPS) is 16.4. The topological polar surface area (TPSA) is 183 Å². The van der Waals surface area contributed by atoms with Gasteiger partial charge in [-0.05, 0) is 99.2 Å². The van der Waals surface area contributed by atoms with Crippen molar-refractivity contribution in [2.45, 2.75) is 64.7 Å². The van der Waals surface area contributed by atoms with E-state index in [-0.39, 0.29) is 35.6 Å². The molecule has 360 valence electrons. The lowest BCUT2D eigenvalue weighted by Crippen LogP contribution is -2.44. The molecule has 10 rings (SSSR count). The van der Waals surface area contributed by atoms with E-state index in [1.807, 2.05) is 0 Å². The predicted molar refractivity (Wildman–Crippen MR) is 240 cm³/mol. The summed E-state index contributed by atoms with van der Waals surface area (Å²) in [6, 6.07) is 12.4. The first-order valence-electron chi connectivity index (χ1n) is 21.9. The average molecular weight is 967 g/mol. The number of nitrogens with one attached hydrogen (secondary N) is 2. The molecule has 4 aliphatic rings. The molecule has 0 radical (unpaired) electrons. The number of pyridine rings is 2. The van der Waals surface area contributed by atoms with Crippen molar-refractivity contribution in [1.29, 1.82) is 0 Å². The van der Waals surface area contributed by atoms with Gasteiger partial charge < -0.3 is 39.8 Å². The van der Waals surface area contributed by atoms with Crippen LogP contribution in [0, 0.1) is 48.8 Å². The lowest BCUT2D eigenvalue weighted by Gasteiger charge is -2.35. The summed E-state index contributed by atoms with van der Waals surface area (Å²) in [4.78, 5) is 80.3. The smallest absolute Gasteiger partial charge is 0.279 e. The van der Waals surface area contributed by atoms with Crippen LogP contribution in [0.1, 0.15) is 100.0 Å². The van der Waals surface area contributed by atoms with Crippen LogP contribution in [-0.4, -0.2) is 56.1 Å². The quantitative estimate of drug-likeness (QED) is 0.133. The summed E-state index contributed by atoms with van der Waals surface area (Å²) in [5.74, 6) is -9.42. The second-order valence-corrected chi connectivity index (χ2v) is 17.4. The molecule has 2 aromatic heterocycles. The van der Waals surface area contributed by atoms with Gasteiger partial charge in [-0.25, -0.2) is 26.3 Å². The summed E-state index contributed by atoms with van der Waals surface area (Å²) < 4.78 is 88.1. The SMILES string of the molecule is Cc1cc(F)c(CNC(=O)c2cn3c(c(O)c2=O)C(=O)N2C[C@@H]3CCc3c(F)cccc32)c(F)c1.Cc1cc(F)c(CNC(=O)c2cn3c(c(O)c2=O)C(=O)N2C[C@H]3CCc3c(F)cccc32)c(F)c1. The summed E-state index contributed by atoms with van der Waals surface area (Å²) >= 11 is 0.